The molecule has 4 rings (SSSR count). The Balaban J connectivity index is 1.66. The topological polar surface area (TPSA) is 95.0 Å². The molecule has 2 heterocycles. The molecule has 0 spiro atoms. The van der Waals surface area contributed by atoms with E-state index >= 15 is 0 Å². The van der Waals surface area contributed by atoms with Gasteiger partial charge in [0.1, 0.15) is 11.8 Å². The number of fused-ring (bicyclic) bond motifs is 3. The van der Waals surface area contributed by atoms with Crippen LogP contribution in [0.3, 0.4) is 0 Å². The highest BCUT2D eigenvalue weighted by Gasteiger charge is 2.35. The standard InChI is InChI=1S/C25H30N2O5/c1-3-31-25(30)27-12-10-20-21-14-16(2)4-9-22(21)26-23(20)24(27)17-5-7-19(8-6-17)32-13-11-18(29)15-28/h4-9,14,18,24,26,28-29H,3,10-13,15H2,1-2H3/t18-,24?/m0/s1. The molecule has 2 atom stereocenters. The van der Waals surface area contributed by atoms with Crippen molar-refractivity contribution in [1.29, 1.82) is 0 Å². The van der Waals surface area contributed by atoms with Crippen molar-refractivity contribution in [3.8, 4) is 5.75 Å². The van der Waals surface area contributed by atoms with Crippen molar-refractivity contribution in [2.24, 2.45) is 0 Å². The molecule has 1 amide bonds. The Kier molecular flexibility index (Phi) is 6.67. The average Bonchev–Trinajstić information content (AvgIpc) is 3.17. The lowest BCUT2D eigenvalue weighted by atomic mass is 9.92. The van der Waals surface area contributed by atoms with Crippen molar-refractivity contribution >= 4 is 17.0 Å². The number of aromatic amines is 1. The van der Waals surface area contributed by atoms with Crippen LogP contribution in [0.4, 0.5) is 4.79 Å². The highest BCUT2D eigenvalue weighted by atomic mass is 16.6. The third kappa shape index (κ3) is 4.45. The van der Waals surface area contributed by atoms with E-state index in [1.165, 1.54) is 16.5 Å². The summed E-state index contributed by atoms with van der Waals surface area (Å²) in [5.41, 5.74) is 5.50. The predicted molar refractivity (Wildman–Crippen MR) is 122 cm³/mol. The lowest BCUT2D eigenvalue weighted by molar-refractivity contribution is 0.0754. The van der Waals surface area contributed by atoms with Crippen LogP contribution in [-0.4, -0.2) is 58.7 Å². The van der Waals surface area contributed by atoms with E-state index in [1.807, 2.05) is 31.2 Å². The minimum Gasteiger partial charge on any atom is -0.493 e. The molecule has 32 heavy (non-hydrogen) atoms. The zero-order valence-corrected chi connectivity index (χ0v) is 18.5. The molecule has 0 saturated carbocycles. The summed E-state index contributed by atoms with van der Waals surface area (Å²) in [6.07, 6.45) is 0.0210. The monoisotopic (exact) mass is 438 g/mol. The number of benzene rings is 2. The lowest BCUT2D eigenvalue weighted by Crippen LogP contribution is -2.40. The normalized spacial score (nSPS) is 16.6. The molecule has 0 radical (unpaired) electrons. The van der Waals surface area contributed by atoms with E-state index in [-0.39, 0.29) is 18.7 Å². The van der Waals surface area contributed by atoms with Gasteiger partial charge in [0.15, 0.2) is 0 Å². The van der Waals surface area contributed by atoms with Gasteiger partial charge in [-0.05, 0) is 55.7 Å². The maximum atomic E-state index is 12.8. The molecule has 0 bridgehead atoms. The van der Waals surface area contributed by atoms with E-state index < -0.39 is 6.10 Å². The van der Waals surface area contributed by atoms with Crippen LogP contribution in [0, 0.1) is 6.92 Å². The van der Waals surface area contributed by atoms with E-state index in [1.54, 1.807) is 4.90 Å². The van der Waals surface area contributed by atoms with Crippen LogP contribution in [0.25, 0.3) is 10.9 Å². The Morgan fingerprint density at radius 3 is 2.75 bits per heavy atom. The van der Waals surface area contributed by atoms with Gasteiger partial charge in [-0.2, -0.15) is 0 Å². The predicted octanol–water partition coefficient (Wildman–Crippen LogP) is 3.70. The zero-order chi connectivity index (χ0) is 22.7. The van der Waals surface area contributed by atoms with Crippen LogP contribution in [-0.2, 0) is 11.2 Å². The summed E-state index contributed by atoms with van der Waals surface area (Å²) in [7, 11) is 0. The van der Waals surface area contributed by atoms with Gasteiger partial charge in [0.2, 0.25) is 0 Å². The minimum atomic E-state index is -0.779. The summed E-state index contributed by atoms with van der Waals surface area (Å²) >= 11 is 0. The van der Waals surface area contributed by atoms with E-state index in [4.69, 9.17) is 14.6 Å². The molecule has 3 aromatic rings. The van der Waals surface area contributed by atoms with Crippen LogP contribution in [0.1, 0.15) is 41.8 Å². The summed E-state index contributed by atoms with van der Waals surface area (Å²) in [5, 5.41) is 19.6. The van der Waals surface area contributed by atoms with Crippen molar-refractivity contribution in [1.82, 2.24) is 9.88 Å². The third-order valence-corrected chi connectivity index (χ3v) is 5.91. The molecule has 170 valence electrons. The second kappa shape index (κ2) is 9.63. The fourth-order valence-electron chi connectivity index (χ4n) is 4.30. The van der Waals surface area contributed by atoms with Gasteiger partial charge in [0.25, 0.3) is 0 Å². The van der Waals surface area contributed by atoms with Gasteiger partial charge in [0.05, 0.1) is 25.9 Å². The number of nitrogens with one attached hydrogen (secondary N) is 1. The van der Waals surface area contributed by atoms with Gasteiger partial charge < -0.3 is 24.7 Å². The molecule has 0 saturated heterocycles. The zero-order valence-electron chi connectivity index (χ0n) is 18.5. The molecule has 7 nitrogen and oxygen atoms in total. The molecule has 2 aromatic carbocycles. The van der Waals surface area contributed by atoms with E-state index in [2.05, 4.69) is 30.1 Å². The second-order valence-electron chi connectivity index (χ2n) is 8.15. The van der Waals surface area contributed by atoms with E-state index in [0.29, 0.717) is 31.9 Å². The molecular formula is C25H30N2O5. The largest absolute Gasteiger partial charge is 0.493 e. The van der Waals surface area contributed by atoms with Crippen molar-refractivity contribution in [3.63, 3.8) is 0 Å². The molecule has 1 aromatic heterocycles. The molecular weight excluding hydrogens is 408 g/mol. The fraction of sp³-hybridized carbons (Fsp3) is 0.400. The van der Waals surface area contributed by atoms with Gasteiger partial charge in [-0.15, -0.1) is 0 Å². The number of H-pyrrole nitrogens is 1. The Bertz CT molecular complexity index is 1080. The first-order chi connectivity index (χ1) is 15.5. The molecule has 7 heteroatoms. The number of aliphatic hydroxyl groups is 2. The first-order valence-electron chi connectivity index (χ1n) is 11.1. The highest BCUT2D eigenvalue weighted by Crippen LogP contribution is 2.39. The van der Waals surface area contributed by atoms with Crippen LogP contribution in [0.2, 0.25) is 0 Å². The van der Waals surface area contributed by atoms with E-state index in [0.717, 1.165) is 23.2 Å². The Hall–Kier alpha value is -3.03. The molecule has 0 fully saturated rings. The summed E-state index contributed by atoms with van der Waals surface area (Å²) in [6, 6.07) is 13.7. The van der Waals surface area contributed by atoms with Gasteiger partial charge in [-0.3, -0.25) is 4.90 Å². The number of carbonyl (C=O) groups is 1. The number of aliphatic hydroxyl groups excluding tert-OH is 2. The Morgan fingerprint density at radius 2 is 2.03 bits per heavy atom. The molecule has 3 N–H and O–H groups in total. The molecule has 1 aliphatic rings. The molecule has 1 aliphatic heterocycles. The fourth-order valence-corrected chi connectivity index (χ4v) is 4.30. The van der Waals surface area contributed by atoms with Crippen molar-refractivity contribution < 1.29 is 24.5 Å². The maximum absolute atomic E-state index is 12.8. The maximum Gasteiger partial charge on any atom is 0.410 e. The summed E-state index contributed by atoms with van der Waals surface area (Å²) in [6.45, 7) is 4.84. The number of hydrogen-bond acceptors (Lipinski definition) is 5. The lowest BCUT2D eigenvalue weighted by Gasteiger charge is -2.35. The number of amides is 1. The number of nitrogens with zero attached hydrogens (tertiary/aromatic N) is 1. The Labute approximate surface area is 187 Å². The number of aromatic nitrogens is 1. The summed E-state index contributed by atoms with van der Waals surface area (Å²) in [5.74, 6) is 0.671. The van der Waals surface area contributed by atoms with Gasteiger partial charge in [-0.1, -0.05) is 23.8 Å². The number of ether oxygens (including phenoxy) is 2. The van der Waals surface area contributed by atoms with Crippen LogP contribution in [0.15, 0.2) is 42.5 Å². The number of aryl methyl sites for hydroxylation is 1. The van der Waals surface area contributed by atoms with Gasteiger partial charge >= 0.3 is 6.09 Å². The smallest absolute Gasteiger partial charge is 0.410 e. The summed E-state index contributed by atoms with van der Waals surface area (Å²) in [4.78, 5) is 18.1. The minimum absolute atomic E-state index is 0.278. The van der Waals surface area contributed by atoms with Crippen molar-refractivity contribution in [3.05, 3.63) is 64.8 Å². The first kappa shape index (κ1) is 22.2. The number of carbonyl (C=O) groups excluding carboxylic acids is 1. The van der Waals surface area contributed by atoms with E-state index in [9.17, 15) is 9.90 Å². The molecule has 1 unspecified atom stereocenters. The van der Waals surface area contributed by atoms with Gasteiger partial charge in [0, 0.05) is 29.6 Å². The van der Waals surface area contributed by atoms with Crippen LogP contribution < -0.4 is 4.74 Å². The second-order valence-corrected chi connectivity index (χ2v) is 8.15. The van der Waals surface area contributed by atoms with Crippen LogP contribution >= 0.6 is 0 Å². The van der Waals surface area contributed by atoms with Gasteiger partial charge in [-0.25, -0.2) is 4.79 Å². The summed E-state index contributed by atoms with van der Waals surface area (Å²) < 4.78 is 11.0. The average molecular weight is 439 g/mol. The van der Waals surface area contributed by atoms with Crippen molar-refractivity contribution in [2.75, 3.05) is 26.4 Å². The number of rotatable bonds is 7. The highest BCUT2D eigenvalue weighted by molar-refractivity contribution is 5.86. The van der Waals surface area contributed by atoms with Crippen molar-refractivity contribution in [2.45, 2.75) is 38.8 Å². The SMILES string of the molecule is CCOC(=O)N1CCc2c([nH]c3ccc(C)cc23)C1c1ccc(OCC[C@H](O)CO)cc1. The number of hydrogen-bond donors (Lipinski definition) is 3. The third-order valence-electron chi connectivity index (χ3n) is 5.91. The Morgan fingerprint density at radius 1 is 1.25 bits per heavy atom. The molecule has 0 aliphatic carbocycles. The quantitative estimate of drug-likeness (QED) is 0.523. The first-order valence-corrected chi connectivity index (χ1v) is 11.1. The van der Waals surface area contributed by atoms with Crippen LogP contribution in [0.5, 0.6) is 5.75 Å².